The van der Waals surface area contributed by atoms with Crippen LogP contribution in [0.5, 0.6) is 11.5 Å². The van der Waals surface area contributed by atoms with Crippen LogP contribution in [0.4, 0.5) is 14.5 Å². The third-order valence-electron chi connectivity index (χ3n) is 4.57. The van der Waals surface area contributed by atoms with Gasteiger partial charge in [-0.25, -0.2) is 8.78 Å². The van der Waals surface area contributed by atoms with Gasteiger partial charge in [0.2, 0.25) is 0 Å². The topological polar surface area (TPSA) is 37.4 Å². The molecule has 1 aliphatic heterocycles. The number of benzene rings is 2. The van der Waals surface area contributed by atoms with Gasteiger partial charge >= 0.3 is 0 Å². The number of hydrogen-bond donors (Lipinski definition) is 1. The van der Waals surface area contributed by atoms with Gasteiger partial charge in [-0.15, -0.1) is 0 Å². The first-order valence-corrected chi connectivity index (χ1v) is 8.60. The highest BCUT2D eigenvalue weighted by Crippen LogP contribution is 2.36. The Kier molecular flexibility index (Phi) is 4.42. The summed E-state index contributed by atoms with van der Waals surface area (Å²) in [6.45, 7) is 5.57. The van der Waals surface area contributed by atoms with Crippen LogP contribution in [-0.2, 0) is 0 Å². The number of nitrogens with one attached hydrogen (secondary N) is 1. The molecular weight excluding hydrogens is 336 g/mol. The Morgan fingerprint density at radius 1 is 1.08 bits per heavy atom. The van der Waals surface area contributed by atoms with Crippen molar-refractivity contribution in [3.05, 3.63) is 59.8 Å². The number of aryl methyl sites for hydroxylation is 1. The first-order chi connectivity index (χ1) is 12.6. The minimum atomic E-state index is -0.931. The van der Waals surface area contributed by atoms with Crippen LogP contribution in [0.25, 0.3) is 10.9 Å². The number of halogens is 2. The molecule has 4 rings (SSSR count). The Morgan fingerprint density at radius 3 is 2.65 bits per heavy atom. The van der Waals surface area contributed by atoms with E-state index in [1.807, 2.05) is 19.1 Å². The molecule has 0 bridgehead atoms. The maximum absolute atomic E-state index is 13.5. The number of anilines is 1. The number of rotatable bonds is 3. The molecule has 4 nitrogen and oxygen atoms in total. The van der Waals surface area contributed by atoms with Crippen molar-refractivity contribution >= 4 is 16.6 Å². The minimum absolute atomic E-state index is 0.257. The predicted molar refractivity (Wildman–Crippen MR) is 98.0 cm³/mol. The molecule has 0 amide bonds. The fraction of sp³-hybridized carbons (Fsp3) is 0.250. The Hall–Kier alpha value is -2.73. The Balaban J connectivity index is 1.78. The van der Waals surface area contributed by atoms with E-state index < -0.39 is 11.6 Å². The molecule has 1 fully saturated rings. The smallest absolute Gasteiger partial charge is 0.162 e. The average Bonchev–Trinajstić information content (AvgIpc) is 2.67. The molecule has 2 aromatic carbocycles. The molecule has 0 aliphatic carbocycles. The van der Waals surface area contributed by atoms with Crippen molar-refractivity contribution < 1.29 is 13.5 Å². The molecule has 6 heteroatoms. The first-order valence-electron chi connectivity index (χ1n) is 8.60. The molecule has 1 aliphatic rings. The average molecular weight is 355 g/mol. The van der Waals surface area contributed by atoms with Gasteiger partial charge in [0, 0.05) is 49.4 Å². The van der Waals surface area contributed by atoms with E-state index in [4.69, 9.17) is 4.74 Å². The normalized spacial score (nSPS) is 14.7. The highest BCUT2D eigenvalue weighted by Gasteiger charge is 2.17. The zero-order chi connectivity index (χ0) is 18.1. The summed E-state index contributed by atoms with van der Waals surface area (Å²) in [5.74, 6) is -0.959. The van der Waals surface area contributed by atoms with E-state index >= 15 is 0 Å². The van der Waals surface area contributed by atoms with Crippen molar-refractivity contribution in [2.45, 2.75) is 6.92 Å². The largest absolute Gasteiger partial charge is 0.456 e. The Bertz CT molecular complexity index is 955. The minimum Gasteiger partial charge on any atom is -0.456 e. The van der Waals surface area contributed by atoms with Crippen LogP contribution in [0.15, 0.2) is 42.6 Å². The van der Waals surface area contributed by atoms with E-state index in [-0.39, 0.29) is 5.75 Å². The number of fused-ring (bicyclic) bond motifs is 1. The van der Waals surface area contributed by atoms with Crippen LogP contribution < -0.4 is 15.0 Å². The van der Waals surface area contributed by atoms with Crippen molar-refractivity contribution in [2.75, 3.05) is 31.1 Å². The molecule has 0 spiro atoms. The molecule has 0 atom stereocenters. The van der Waals surface area contributed by atoms with Crippen molar-refractivity contribution in [2.24, 2.45) is 0 Å². The summed E-state index contributed by atoms with van der Waals surface area (Å²) in [4.78, 5) is 6.91. The fourth-order valence-electron chi connectivity index (χ4n) is 3.24. The second kappa shape index (κ2) is 6.88. The summed E-state index contributed by atoms with van der Waals surface area (Å²) in [6, 6.07) is 9.51. The molecule has 26 heavy (non-hydrogen) atoms. The quantitative estimate of drug-likeness (QED) is 0.770. The molecule has 0 radical (unpaired) electrons. The van der Waals surface area contributed by atoms with Gasteiger partial charge in [-0.1, -0.05) is 6.07 Å². The molecule has 3 aromatic rings. The third kappa shape index (κ3) is 3.08. The van der Waals surface area contributed by atoms with E-state index in [2.05, 4.69) is 21.3 Å². The highest BCUT2D eigenvalue weighted by molar-refractivity contribution is 5.95. The van der Waals surface area contributed by atoms with Crippen LogP contribution in [0.2, 0.25) is 0 Å². The van der Waals surface area contributed by atoms with Crippen LogP contribution in [0.1, 0.15) is 5.56 Å². The van der Waals surface area contributed by atoms with Gasteiger partial charge < -0.3 is 15.0 Å². The molecule has 2 heterocycles. The van der Waals surface area contributed by atoms with E-state index in [0.29, 0.717) is 5.75 Å². The maximum atomic E-state index is 13.5. The number of para-hydroxylation sites is 1. The van der Waals surface area contributed by atoms with Gasteiger partial charge in [0.25, 0.3) is 0 Å². The van der Waals surface area contributed by atoms with Gasteiger partial charge in [-0.05, 0) is 31.2 Å². The van der Waals surface area contributed by atoms with E-state index in [0.717, 1.165) is 60.5 Å². The molecule has 1 aromatic heterocycles. The lowest BCUT2D eigenvalue weighted by Gasteiger charge is -2.30. The standard InChI is InChI=1S/C20H19F2N3O/c1-13-12-24-19-15(3-2-4-18(19)25-9-7-23-8-10-25)20(13)26-14-5-6-16(21)17(22)11-14/h2-6,11-12,23H,7-10H2,1H3. The lowest BCUT2D eigenvalue weighted by Crippen LogP contribution is -2.43. The van der Waals surface area contributed by atoms with Gasteiger partial charge in [-0.3, -0.25) is 4.98 Å². The summed E-state index contributed by atoms with van der Waals surface area (Å²) in [5, 5.41) is 4.20. The number of aromatic nitrogens is 1. The number of hydrogen-bond acceptors (Lipinski definition) is 4. The van der Waals surface area contributed by atoms with Gasteiger partial charge in [0.1, 0.15) is 11.5 Å². The van der Waals surface area contributed by atoms with E-state index in [9.17, 15) is 8.78 Å². The lowest BCUT2D eigenvalue weighted by molar-refractivity contribution is 0.462. The summed E-state index contributed by atoms with van der Waals surface area (Å²) < 4.78 is 32.6. The molecule has 134 valence electrons. The van der Waals surface area contributed by atoms with Gasteiger partial charge in [-0.2, -0.15) is 0 Å². The monoisotopic (exact) mass is 355 g/mol. The van der Waals surface area contributed by atoms with Crippen LogP contribution in [0.3, 0.4) is 0 Å². The predicted octanol–water partition coefficient (Wildman–Crippen LogP) is 4.02. The van der Waals surface area contributed by atoms with Crippen molar-refractivity contribution in [3.63, 3.8) is 0 Å². The highest BCUT2D eigenvalue weighted by atomic mass is 19.2. The number of piperazine rings is 1. The molecule has 1 saturated heterocycles. The fourth-order valence-corrected chi connectivity index (χ4v) is 3.24. The maximum Gasteiger partial charge on any atom is 0.162 e. The molecule has 0 saturated carbocycles. The zero-order valence-electron chi connectivity index (χ0n) is 14.4. The summed E-state index contributed by atoms with van der Waals surface area (Å²) >= 11 is 0. The number of ether oxygens (including phenoxy) is 1. The van der Waals surface area contributed by atoms with Crippen LogP contribution in [-0.4, -0.2) is 31.2 Å². The lowest BCUT2D eigenvalue weighted by atomic mass is 10.1. The van der Waals surface area contributed by atoms with Crippen molar-refractivity contribution in [1.29, 1.82) is 0 Å². The molecular formula is C20H19F2N3O. The second-order valence-corrected chi connectivity index (χ2v) is 6.36. The number of pyridine rings is 1. The van der Waals surface area contributed by atoms with Gasteiger partial charge in [0.15, 0.2) is 11.6 Å². The molecule has 0 unspecified atom stereocenters. The summed E-state index contributed by atoms with van der Waals surface area (Å²) in [7, 11) is 0. The van der Waals surface area contributed by atoms with Crippen LogP contribution >= 0.6 is 0 Å². The van der Waals surface area contributed by atoms with E-state index in [1.54, 1.807) is 6.20 Å². The van der Waals surface area contributed by atoms with Crippen molar-refractivity contribution in [3.8, 4) is 11.5 Å². The first kappa shape index (κ1) is 16.7. The second-order valence-electron chi connectivity index (χ2n) is 6.36. The van der Waals surface area contributed by atoms with Gasteiger partial charge in [0.05, 0.1) is 11.2 Å². The van der Waals surface area contributed by atoms with E-state index in [1.165, 1.54) is 6.07 Å². The number of nitrogens with zero attached hydrogens (tertiary/aromatic N) is 2. The SMILES string of the molecule is Cc1cnc2c(N3CCNCC3)cccc2c1Oc1ccc(F)c(F)c1. The third-order valence-corrected chi connectivity index (χ3v) is 4.57. The van der Waals surface area contributed by atoms with Crippen LogP contribution in [0, 0.1) is 18.6 Å². The van der Waals surface area contributed by atoms with Crippen molar-refractivity contribution in [1.82, 2.24) is 10.3 Å². The Morgan fingerprint density at radius 2 is 1.88 bits per heavy atom. The molecule has 1 N–H and O–H groups in total. The Labute approximate surface area is 150 Å². The zero-order valence-corrected chi connectivity index (χ0v) is 14.4. The summed E-state index contributed by atoms with van der Waals surface area (Å²) in [6.07, 6.45) is 1.75. The summed E-state index contributed by atoms with van der Waals surface area (Å²) in [5.41, 5.74) is 2.73.